The molecule has 1 rings (SSSR count). The van der Waals surface area contributed by atoms with E-state index < -0.39 is 0 Å². The Morgan fingerprint density at radius 2 is 2.43 bits per heavy atom. The predicted molar refractivity (Wildman–Crippen MR) is 49.9 cm³/mol. The second kappa shape index (κ2) is 4.80. The lowest BCUT2D eigenvalue weighted by Crippen LogP contribution is -1.99. The third-order valence-electron chi connectivity index (χ3n) is 1.34. The number of anilines is 1. The van der Waals surface area contributed by atoms with Crippen LogP contribution in [0.4, 0.5) is 5.82 Å². The van der Waals surface area contributed by atoms with Gasteiger partial charge in [-0.25, -0.2) is 9.97 Å². The van der Waals surface area contributed by atoms with Gasteiger partial charge in [-0.1, -0.05) is 5.92 Å². The van der Waals surface area contributed by atoms with Crippen molar-refractivity contribution < 1.29 is 4.74 Å². The summed E-state index contributed by atoms with van der Waals surface area (Å²) in [7, 11) is 1.55. The highest BCUT2D eigenvalue weighted by atomic mass is 16.5. The molecule has 0 aromatic carbocycles. The van der Waals surface area contributed by atoms with Gasteiger partial charge < -0.3 is 10.5 Å². The third-order valence-corrected chi connectivity index (χ3v) is 1.34. The second-order valence-electron chi connectivity index (χ2n) is 2.34. The Balaban J connectivity index is 2.93. The zero-order chi connectivity index (χ0) is 10.4. The number of nitrogen functional groups attached to an aromatic ring is 1. The summed E-state index contributed by atoms with van der Waals surface area (Å²) in [5.41, 5.74) is 5.89. The van der Waals surface area contributed by atoms with Crippen molar-refractivity contribution in [3.8, 4) is 17.9 Å². The van der Waals surface area contributed by atoms with Crippen LogP contribution in [0.2, 0.25) is 0 Å². The average Bonchev–Trinajstić information content (AvgIpc) is 2.21. The van der Waals surface area contributed by atoms with Gasteiger partial charge in [-0.3, -0.25) is 0 Å². The molecule has 0 bridgehead atoms. The van der Waals surface area contributed by atoms with Crippen molar-refractivity contribution in [3.63, 3.8) is 0 Å². The number of ether oxygens (including phenoxy) is 1. The normalized spacial score (nSPS) is 8.57. The molecule has 0 unspecified atom stereocenters. The fourth-order valence-corrected chi connectivity index (χ4v) is 0.740. The molecule has 2 N–H and O–H groups in total. The van der Waals surface area contributed by atoms with E-state index >= 15 is 0 Å². The smallest absolute Gasteiger partial charge is 0.184 e. The maximum atomic E-state index is 8.61. The first-order valence-corrected chi connectivity index (χ1v) is 3.78. The Hall–Kier alpha value is -2.11. The molecule has 0 aliphatic rings. The van der Waals surface area contributed by atoms with Gasteiger partial charge in [-0.05, 0) is 5.92 Å². The molecule has 70 valence electrons. The minimum absolute atomic E-state index is 0.0919. The molecular formula is C9H8N4O. The van der Waals surface area contributed by atoms with Crippen molar-refractivity contribution >= 4 is 5.82 Å². The molecule has 1 aromatic heterocycles. The molecule has 0 saturated carbocycles. The lowest BCUT2D eigenvalue weighted by molar-refractivity contribution is 0.240. The minimum atomic E-state index is 0.0919. The fraction of sp³-hybridized carbons (Fsp3) is 0.222. The van der Waals surface area contributed by atoms with E-state index in [0.717, 1.165) is 0 Å². The summed E-state index contributed by atoms with van der Waals surface area (Å²) >= 11 is 0. The van der Waals surface area contributed by atoms with E-state index in [1.807, 2.05) is 6.07 Å². The van der Waals surface area contributed by atoms with Crippen molar-refractivity contribution in [2.45, 2.75) is 0 Å². The van der Waals surface area contributed by atoms with Gasteiger partial charge in [0, 0.05) is 7.11 Å². The van der Waals surface area contributed by atoms with E-state index in [1.54, 1.807) is 7.11 Å². The number of aromatic nitrogens is 2. The molecular weight excluding hydrogens is 180 g/mol. The monoisotopic (exact) mass is 188 g/mol. The van der Waals surface area contributed by atoms with E-state index in [9.17, 15) is 0 Å². The Bertz CT molecular complexity index is 425. The first-order valence-electron chi connectivity index (χ1n) is 3.78. The summed E-state index contributed by atoms with van der Waals surface area (Å²) in [6.07, 6.45) is 1.42. The molecule has 5 nitrogen and oxygen atoms in total. The van der Waals surface area contributed by atoms with Gasteiger partial charge in [0.25, 0.3) is 0 Å². The SMILES string of the molecule is COCC#Cc1cnc(N)c(C#N)n1. The molecule has 14 heavy (non-hydrogen) atoms. The molecule has 0 saturated heterocycles. The highest BCUT2D eigenvalue weighted by Crippen LogP contribution is 2.02. The average molecular weight is 188 g/mol. The van der Waals surface area contributed by atoms with Crippen molar-refractivity contribution in [1.29, 1.82) is 5.26 Å². The Labute approximate surface area is 81.5 Å². The highest BCUT2D eigenvalue weighted by Gasteiger charge is 2.00. The van der Waals surface area contributed by atoms with Crippen LogP contribution in [0.5, 0.6) is 0 Å². The maximum Gasteiger partial charge on any atom is 0.184 e. The molecule has 0 atom stereocenters. The largest absolute Gasteiger partial charge is 0.381 e. The first kappa shape index (κ1) is 9.97. The van der Waals surface area contributed by atoms with Crippen molar-refractivity contribution in [2.24, 2.45) is 0 Å². The number of hydrogen-bond acceptors (Lipinski definition) is 5. The van der Waals surface area contributed by atoms with Gasteiger partial charge in [-0.15, -0.1) is 0 Å². The van der Waals surface area contributed by atoms with Crippen LogP contribution in [0.15, 0.2) is 6.20 Å². The lowest BCUT2D eigenvalue weighted by Gasteiger charge is -1.94. The van der Waals surface area contributed by atoms with Crippen molar-refractivity contribution in [2.75, 3.05) is 19.5 Å². The highest BCUT2D eigenvalue weighted by molar-refractivity contribution is 5.44. The fourth-order valence-electron chi connectivity index (χ4n) is 0.740. The minimum Gasteiger partial charge on any atom is -0.381 e. The molecule has 1 aromatic rings. The van der Waals surface area contributed by atoms with Crippen molar-refractivity contribution in [3.05, 3.63) is 17.6 Å². The number of nitrogens with two attached hydrogens (primary N) is 1. The Kier molecular flexibility index (Phi) is 3.42. The number of rotatable bonds is 1. The van der Waals surface area contributed by atoms with Gasteiger partial charge >= 0.3 is 0 Å². The van der Waals surface area contributed by atoms with E-state index in [2.05, 4.69) is 21.8 Å². The van der Waals surface area contributed by atoms with Crippen LogP contribution < -0.4 is 5.73 Å². The summed E-state index contributed by atoms with van der Waals surface area (Å²) < 4.78 is 4.73. The molecule has 0 aliphatic carbocycles. The zero-order valence-corrected chi connectivity index (χ0v) is 7.61. The van der Waals surface area contributed by atoms with Crippen LogP contribution in [0.1, 0.15) is 11.4 Å². The van der Waals surface area contributed by atoms with Crippen LogP contribution in [-0.2, 0) is 4.74 Å². The molecule has 0 aliphatic heterocycles. The molecule has 0 fully saturated rings. The van der Waals surface area contributed by atoms with Crippen LogP contribution in [0.25, 0.3) is 0 Å². The Morgan fingerprint density at radius 1 is 1.64 bits per heavy atom. The van der Waals surface area contributed by atoms with Gasteiger partial charge in [-0.2, -0.15) is 5.26 Å². The standard InChI is InChI=1S/C9H8N4O/c1-14-4-2-3-7-6-12-9(11)8(5-10)13-7/h6H,4H2,1H3,(H2,11,12). The quantitative estimate of drug-likeness (QED) is 0.623. The van der Waals surface area contributed by atoms with Gasteiger partial charge in [0.1, 0.15) is 18.4 Å². The second-order valence-corrected chi connectivity index (χ2v) is 2.34. The topological polar surface area (TPSA) is 84.8 Å². The summed E-state index contributed by atoms with van der Waals surface area (Å²) in [4.78, 5) is 7.66. The van der Waals surface area contributed by atoms with E-state index in [4.69, 9.17) is 15.7 Å². The first-order chi connectivity index (χ1) is 6.77. The van der Waals surface area contributed by atoms with Crippen LogP contribution in [0.3, 0.4) is 0 Å². The van der Waals surface area contributed by atoms with E-state index in [-0.39, 0.29) is 11.5 Å². The summed E-state index contributed by atoms with van der Waals surface area (Å²) in [5, 5.41) is 8.61. The number of methoxy groups -OCH3 is 1. The number of nitrogens with zero attached hydrogens (tertiary/aromatic N) is 3. The van der Waals surface area contributed by atoms with Gasteiger partial charge in [0.2, 0.25) is 0 Å². The summed E-state index contributed by atoms with van der Waals surface area (Å²) in [6, 6.07) is 1.83. The summed E-state index contributed by atoms with van der Waals surface area (Å²) in [6.45, 7) is 0.313. The molecule has 1 heterocycles. The lowest BCUT2D eigenvalue weighted by atomic mass is 10.4. The number of nitriles is 1. The van der Waals surface area contributed by atoms with E-state index in [0.29, 0.717) is 12.3 Å². The Morgan fingerprint density at radius 3 is 3.07 bits per heavy atom. The predicted octanol–water partition coefficient (Wildman–Crippen LogP) is -0.0716. The van der Waals surface area contributed by atoms with Gasteiger partial charge in [0.15, 0.2) is 11.5 Å². The van der Waals surface area contributed by atoms with Crippen LogP contribution >= 0.6 is 0 Å². The summed E-state index contributed by atoms with van der Waals surface area (Å²) in [5.74, 6) is 5.50. The maximum absolute atomic E-state index is 8.61. The molecule has 5 heteroatoms. The van der Waals surface area contributed by atoms with Gasteiger partial charge in [0.05, 0.1) is 6.20 Å². The van der Waals surface area contributed by atoms with E-state index in [1.165, 1.54) is 6.20 Å². The van der Waals surface area contributed by atoms with Crippen molar-refractivity contribution in [1.82, 2.24) is 9.97 Å². The molecule has 0 spiro atoms. The third kappa shape index (κ3) is 2.44. The van der Waals surface area contributed by atoms with Crippen LogP contribution in [-0.4, -0.2) is 23.7 Å². The molecule has 0 radical (unpaired) electrons. The van der Waals surface area contributed by atoms with Crippen LogP contribution in [0, 0.1) is 23.2 Å². The zero-order valence-electron chi connectivity index (χ0n) is 7.61. The molecule has 0 amide bonds. The number of hydrogen-bond donors (Lipinski definition) is 1.